The molecular weight excluding hydrogens is 420 g/mol. The van der Waals surface area contributed by atoms with Crippen molar-refractivity contribution in [3.8, 4) is 5.75 Å². The van der Waals surface area contributed by atoms with E-state index in [9.17, 15) is 26.3 Å². The second kappa shape index (κ2) is 8.13. The lowest BCUT2D eigenvalue weighted by Crippen LogP contribution is -2.50. The van der Waals surface area contributed by atoms with E-state index >= 15 is 0 Å². The maximum atomic E-state index is 13.5. The Kier molecular flexibility index (Phi) is 5.97. The zero-order chi connectivity index (χ0) is 21.2. The van der Waals surface area contributed by atoms with Gasteiger partial charge in [-0.15, -0.1) is 0 Å². The minimum atomic E-state index is -5.49. The lowest BCUT2D eigenvalue weighted by molar-refractivity contribution is -0.271. The van der Waals surface area contributed by atoms with Gasteiger partial charge in [0.25, 0.3) is 0 Å². The minimum absolute atomic E-state index is 0.134. The van der Waals surface area contributed by atoms with Crippen molar-refractivity contribution < 1.29 is 31.1 Å². The van der Waals surface area contributed by atoms with Crippen LogP contribution in [-0.2, 0) is 5.75 Å². The minimum Gasteiger partial charge on any atom is -0.487 e. The second-order valence-electron chi connectivity index (χ2n) is 6.15. The highest BCUT2D eigenvalue weighted by Gasteiger charge is 2.63. The number of alkyl halides is 6. The van der Waals surface area contributed by atoms with E-state index in [1.54, 1.807) is 0 Å². The van der Waals surface area contributed by atoms with Gasteiger partial charge in [-0.2, -0.15) is 17.6 Å². The summed E-state index contributed by atoms with van der Waals surface area (Å²) in [6.07, 6.45) is -3.24. The lowest BCUT2D eigenvalue weighted by Gasteiger charge is -2.26. The van der Waals surface area contributed by atoms with Crippen LogP contribution in [0.4, 0.5) is 26.3 Å². The Morgan fingerprint density at radius 1 is 1.14 bits per heavy atom. The number of pyridine rings is 1. The van der Waals surface area contributed by atoms with Gasteiger partial charge in [0, 0.05) is 17.5 Å². The molecule has 1 aromatic carbocycles. The number of ether oxygens (including phenoxy) is 1. The molecule has 156 valence electrons. The van der Waals surface area contributed by atoms with Crippen molar-refractivity contribution >= 4 is 22.8 Å². The summed E-state index contributed by atoms with van der Waals surface area (Å²) in [7, 11) is 0. The number of H-pyrrole nitrogens is 1. The molecule has 1 N–H and O–H groups in total. The number of imidazole rings is 1. The molecule has 4 nitrogen and oxygen atoms in total. The average molecular weight is 435 g/mol. The molecule has 3 aromatic rings. The van der Waals surface area contributed by atoms with E-state index in [0.717, 1.165) is 11.0 Å². The number of aromatic amines is 1. The molecule has 0 amide bonds. The molecule has 0 atom stereocenters. The zero-order valence-corrected chi connectivity index (χ0v) is 15.8. The van der Waals surface area contributed by atoms with Gasteiger partial charge in [0.2, 0.25) is 0 Å². The molecule has 11 heteroatoms. The van der Waals surface area contributed by atoms with Crippen molar-refractivity contribution in [2.45, 2.75) is 36.1 Å². The monoisotopic (exact) mass is 435 g/mol. The van der Waals surface area contributed by atoms with Crippen LogP contribution >= 0.6 is 11.8 Å². The first-order valence-electron chi connectivity index (χ1n) is 8.30. The summed E-state index contributed by atoms with van der Waals surface area (Å²) in [4.78, 5) is 11.6. The molecule has 0 radical (unpaired) electrons. The van der Waals surface area contributed by atoms with Gasteiger partial charge in [0.15, 0.2) is 11.8 Å². The Balaban J connectivity index is 1.69. The first kappa shape index (κ1) is 21.3. The van der Waals surface area contributed by atoms with Gasteiger partial charge in [-0.25, -0.2) is 13.8 Å². The topological polar surface area (TPSA) is 50.8 Å². The van der Waals surface area contributed by atoms with Crippen molar-refractivity contribution in [3.05, 3.63) is 47.8 Å². The maximum absolute atomic E-state index is 13.5. The molecule has 0 fully saturated rings. The van der Waals surface area contributed by atoms with E-state index in [1.165, 1.54) is 30.9 Å². The number of hydrogen-bond donors (Lipinski definition) is 1. The van der Waals surface area contributed by atoms with Crippen molar-refractivity contribution in [2.75, 3.05) is 6.61 Å². The third kappa shape index (κ3) is 4.44. The highest BCUT2D eigenvalue weighted by Crippen LogP contribution is 2.39. The number of para-hydroxylation sites is 2. The van der Waals surface area contributed by atoms with E-state index in [2.05, 4.69) is 15.0 Å². The second-order valence-corrected chi connectivity index (χ2v) is 7.11. The van der Waals surface area contributed by atoms with Crippen LogP contribution in [0.1, 0.15) is 11.3 Å². The molecule has 0 saturated heterocycles. The van der Waals surface area contributed by atoms with Gasteiger partial charge in [-0.05, 0) is 25.1 Å². The Hall–Kier alpha value is -2.43. The number of aromatic nitrogens is 3. The van der Waals surface area contributed by atoms with Crippen LogP contribution in [0.25, 0.3) is 11.0 Å². The summed E-state index contributed by atoms with van der Waals surface area (Å²) in [5.74, 6) is -10.4. The summed E-state index contributed by atoms with van der Waals surface area (Å²) >= 11 is 1.30. The number of hydrogen-bond acceptors (Lipinski definition) is 4. The molecule has 0 spiro atoms. The number of halogens is 6. The Labute approximate surface area is 165 Å². The molecule has 0 saturated carbocycles. The first-order valence-corrected chi connectivity index (χ1v) is 9.29. The van der Waals surface area contributed by atoms with Crippen LogP contribution in [0.15, 0.2) is 41.7 Å². The summed E-state index contributed by atoms with van der Waals surface area (Å²) < 4.78 is 82.1. The summed E-state index contributed by atoms with van der Waals surface area (Å²) in [6, 6.07) is 8.61. The standard InChI is InChI=1S/C18H15F6N3OS/c1-10-13(8-29-16-26-11-4-2-3-5-12(11)27-16)25-7-6-14(10)28-9-17(21,22)18(23,24)15(19)20/h2-7,15H,8-9H2,1H3,(H,26,27). The number of nitrogens with zero attached hydrogens (tertiary/aromatic N) is 2. The molecule has 0 aliphatic rings. The van der Waals surface area contributed by atoms with E-state index in [0.29, 0.717) is 22.2 Å². The summed E-state index contributed by atoms with van der Waals surface area (Å²) in [5, 5.41) is 0.613. The number of nitrogens with one attached hydrogen (secondary N) is 1. The molecule has 3 rings (SSSR count). The predicted octanol–water partition coefficient (Wildman–Crippen LogP) is 5.47. The first-order chi connectivity index (χ1) is 13.6. The highest BCUT2D eigenvalue weighted by molar-refractivity contribution is 7.98. The smallest absolute Gasteiger partial charge is 0.372 e. The number of benzene rings is 1. The zero-order valence-electron chi connectivity index (χ0n) is 14.9. The molecular formula is C18H15F6N3OS. The van der Waals surface area contributed by atoms with Crippen LogP contribution in [0, 0.1) is 6.92 Å². The largest absolute Gasteiger partial charge is 0.487 e. The normalized spacial score (nSPS) is 12.7. The molecule has 0 aliphatic carbocycles. The van der Waals surface area contributed by atoms with Gasteiger partial charge >= 0.3 is 18.3 Å². The van der Waals surface area contributed by atoms with E-state index in [1.807, 2.05) is 24.3 Å². The van der Waals surface area contributed by atoms with Crippen molar-refractivity contribution in [1.82, 2.24) is 15.0 Å². The predicted molar refractivity (Wildman–Crippen MR) is 96.0 cm³/mol. The number of fused-ring (bicyclic) bond motifs is 1. The third-order valence-corrected chi connectivity index (χ3v) is 5.03. The van der Waals surface area contributed by atoms with Gasteiger partial charge in [0.05, 0.1) is 16.7 Å². The number of thioether (sulfide) groups is 1. The van der Waals surface area contributed by atoms with Crippen LogP contribution in [0.2, 0.25) is 0 Å². The SMILES string of the molecule is Cc1c(OCC(F)(F)C(F)(F)C(F)F)ccnc1CSc1nc2ccccc2[nH]1. The fourth-order valence-electron chi connectivity index (χ4n) is 2.42. The van der Waals surface area contributed by atoms with E-state index < -0.39 is 24.9 Å². The quantitative estimate of drug-likeness (QED) is 0.376. The average Bonchev–Trinajstić information content (AvgIpc) is 3.09. The van der Waals surface area contributed by atoms with Crippen molar-refractivity contribution in [2.24, 2.45) is 0 Å². The fraction of sp³-hybridized carbons (Fsp3) is 0.333. The fourth-order valence-corrected chi connectivity index (χ4v) is 3.33. The van der Waals surface area contributed by atoms with Crippen LogP contribution in [0.3, 0.4) is 0 Å². The van der Waals surface area contributed by atoms with Crippen LogP contribution in [0.5, 0.6) is 5.75 Å². The van der Waals surface area contributed by atoms with Crippen LogP contribution in [-0.4, -0.2) is 39.8 Å². The molecule has 0 aliphatic heterocycles. The molecule has 0 unspecified atom stereocenters. The van der Waals surface area contributed by atoms with E-state index in [4.69, 9.17) is 4.74 Å². The summed E-state index contributed by atoms with van der Waals surface area (Å²) in [6.45, 7) is -0.369. The highest BCUT2D eigenvalue weighted by atomic mass is 32.2. The summed E-state index contributed by atoms with van der Waals surface area (Å²) in [5.41, 5.74) is 2.42. The van der Waals surface area contributed by atoms with Gasteiger partial charge in [0.1, 0.15) is 5.75 Å². The molecule has 0 bridgehead atoms. The Morgan fingerprint density at radius 2 is 1.86 bits per heavy atom. The number of rotatable bonds is 8. The lowest BCUT2D eigenvalue weighted by atomic mass is 10.2. The maximum Gasteiger partial charge on any atom is 0.372 e. The van der Waals surface area contributed by atoms with Crippen molar-refractivity contribution in [3.63, 3.8) is 0 Å². The molecule has 2 heterocycles. The Bertz CT molecular complexity index is 962. The van der Waals surface area contributed by atoms with Gasteiger partial charge in [-0.1, -0.05) is 23.9 Å². The van der Waals surface area contributed by atoms with Gasteiger partial charge < -0.3 is 9.72 Å². The Morgan fingerprint density at radius 3 is 2.55 bits per heavy atom. The van der Waals surface area contributed by atoms with Crippen molar-refractivity contribution in [1.29, 1.82) is 0 Å². The molecule has 29 heavy (non-hydrogen) atoms. The molecule has 2 aromatic heterocycles. The van der Waals surface area contributed by atoms with Crippen LogP contribution < -0.4 is 4.74 Å². The van der Waals surface area contributed by atoms with E-state index in [-0.39, 0.29) is 5.75 Å². The van der Waals surface area contributed by atoms with Gasteiger partial charge in [-0.3, -0.25) is 4.98 Å². The third-order valence-electron chi connectivity index (χ3n) is 4.14.